The van der Waals surface area contributed by atoms with Crippen LogP contribution in [0.3, 0.4) is 0 Å². The lowest BCUT2D eigenvalue weighted by Crippen LogP contribution is -2.52. The van der Waals surface area contributed by atoms with Crippen LogP contribution in [0, 0.1) is 0 Å². The van der Waals surface area contributed by atoms with Crippen molar-refractivity contribution in [2.24, 2.45) is 10.1 Å². The summed E-state index contributed by atoms with van der Waals surface area (Å²) in [6.07, 6.45) is 5.32. The van der Waals surface area contributed by atoms with Crippen molar-refractivity contribution in [3.8, 4) is 0 Å². The van der Waals surface area contributed by atoms with Crippen molar-refractivity contribution in [1.29, 1.82) is 0 Å². The van der Waals surface area contributed by atoms with E-state index in [0.29, 0.717) is 31.2 Å². The average Bonchev–Trinajstić information content (AvgIpc) is 2.71. The summed E-state index contributed by atoms with van der Waals surface area (Å²) < 4.78 is 0. The molecule has 0 N–H and O–H groups in total. The highest BCUT2D eigenvalue weighted by atomic mass is 35.5. The van der Waals surface area contributed by atoms with E-state index in [1.807, 2.05) is 17.1 Å². The zero-order valence-electron chi connectivity index (χ0n) is 15.3. The van der Waals surface area contributed by atoms with E-state index in [4.69, 9.17) is 23.2 Å². The van der Waals surface area contributed by atoms with Gasteiger partial charge in [0.1, 0.15) is 12.2 Å². The molecule has 1 fully saturated rings. The average molecular weight is 420 g/mol. The third-order valence-corrected chi connectivity index (χ3v) is 5.16. The molecule has 1 amide bonds. The van der Waals surface area contributed by atoms with E-state index in [2.05, 4.69) is 16.7 Å². The van der Waals surface area contributed by atoms with Gasteiger partial charge in [0, 0.05) is 38.8 Å². The summed E-state index contributed by atoms with van der Waals surface area (Å²) in [5, 5.41) is 6.67. The molecule has 0 spiro atoms. The van der Waals surface area contributed by atoms with Gasteiger partial charge in [0.05, 0.1) is 15.7 Å². The number of aliphatic imine (C=N–C) groups is 1. The lowest BCUT2D eigenvalue weighted by atomic mass is 10.1. The molecular weight excluding hydrogens is 401 g/mol. The summed E-state index contributed by atoms with van der Waals surface area (Å²) in [4.78, 5) is 32.6. The van der Waals surface area contributed by atoms with Crippen molar-refractivity contribution in [2.45, 2.75) is 0 Å². The second kappa shape index (κ2) is 8.58. The zero-order chi connectivity index (χ0) is 20.3. The molecule has 0 atom stereocenters. The Bertz CT molecular complexity index is 902. The number of allylic oxidation sites excluding steroid dienone is 1. The van der Waals surface area contributed by atoms with Gasteiger partial charge in [-0.25, -0.2) is 5.01 Å². The van der Waals surface area contributed by atoms with Gasteiger partial charge in [0.2, 0.25) is 5.78 Å². The van der Waals surface area contributed by atoms with Crippen LogP contribution in [0.15, 0.2) is 52.7 Å². The highest BCUT2D eigenvalue weighted by Crippen LogP contribution is 2.23. The molecule has 7 nitrogen and oxygen atoms in total. The molecule has 0 unspecified atom stereocenters. The van der Waals surface area contributed by atoms with Gasteiger partial charge in [-0.05, 0) is 30.4 Å². The topological polar surface area (TPSA) is 68.6 Å². The summed E-state index contributed by atoms with van der Waals surface area (Å²) in [5.74, 6) is -0.383. The SMILES string of the molecule is C=C1C=CC(N2CCN(C(=O)C(=O)c3ccc(Cl)c(Cl)c3)CC2)=NN1C=NC. The standard InChI is InChI=1S/C19H19Cl2N5O2/c1-13-3-6-17(23-26(13)12-22-2)24-7-9-25(10-8-24)19(28)18(27)14-4-5-15(20)16(21)11-14/h3-6,11-12H,1,7-10H2,2H3. The van der Waals surface area contributed by atoms with E-state index >= 15 is 0 Å². The Morgan fingerprint density at radius 3 is 2.50 bits per heavy atom. The minimum atomic E-state index is -0.594. The van der Waals surface area contributed by atoms with Gasteiger partial charge >= 0.3 is 0 Å². The molecule has 2 aliphatic rings. The number of ketones is 1. The van der Waals surface area contributed by atoms with Crippen molar-refractivity contribution in [3.63, 3.8) is 0 Å². The molecule has 2 heterocycles. The first-order valence-corrected chi connectivity index (χ1v) is 9.37. The Labute approximate surface area is 173 Å². The van der Waals surface area contributed by atoms with Crippen LogP contribution in [0.4, 0.5) is 0 Å². The lowest BCUT2D eigenvalue weighted by molar-refractivity contribution is -0.127. The quantitative estimate of drug-likeness (QED) is 0.326. The molecular formula is C19H19Cl2N5O2. The number of carbonyl (C=O) groups excluding carboxylic acids is 2. The number of nitrogens with zero attached hydrogens (tertiary/aromatic N) is 5. The first-order chi connectivity index (χ1) is 13.4. The number of Topliss-reactive ketones (excluding diaryl/α,β-unsaturated/α-hetero) is 1. The molecule has 28 heavy (non-hydrogen) atoms. The Balaban J connectivity index is 1.63. The number of hydrogen-bond donors (Lipinski definition) is 0. The molecule has 0 saturated carbocycles. The maximum Gasteiger partial charge on any atom is 0.295 e. The molecule has 1 aromatic carbocycles. The van der Waals surface area contributed by atoms with Crippen LogP contribution in [0.5, 0.6) is 0 Å². The summed E-state index contributed by atoms with van der Waals surface area (Å²) in [6, 6.07) is 4.43. The van der Waals surface area contributed by atoms with Gasteiger partial charge < -0.3 is 9.80 Å². The Morgan fingerprint density at radius 1 is 1.14 bits per heavy atom. The number of amides is 1. The van der Waals surface area contributed by atoms with E-state index in [9.17, 15) is 9.59 Å². The fourth-order valence-electron chi connectivity index (χ4n) is 2.88. The molecule has 0 radical (unpaired) electrons. The minimum Gasteiger partial charge on any atom is -0.352 e. The number of rotatable bonds is 3. The van der Waals surface area contributed by atoms with Crippen molar-refractivity contribution in [1.82, 2.24) is 14.8 Å². The molecule has 0 bridgehead atoms. The van der Waals surface area contributed by atoms with Gasteiger partial charge in [-0.1, -0.05) is 29.8 Å². The molecule has 9 heteroatoms. The second-order valence-corrected chi connectivity index (χ2v) is 7.05. The molecule has 146 valence electrons. The minimum absolute atomic E-state index is 0.231. The van der Waals surface area contributed by atoms with E-state index in [-0.39, 0.29) is 10.6 Å². The summed E-state index contributed by atoms with van der Waals surface area (Å²) in [5.41, 5.74) is 0.949. The van der Waals surface area contributed by atoms with Crippen molar-refractivity contribution in [3.05, 3.63) is 58.2 Å². The molecule has 3 rings (SSSR count). The van der Waals surface area contributed by atoms with Crippen LogP contribution in [-0.2, 0) is 4.79 Å². The van der Waals surface area contributed by atoms with Crippen molar-refractivity contribution >= 4 is 47.1 Å². The Kier molecular flexibility index (Phi) is 6.16. The molecule has 0 aromatic heterocycles. The normalized spacial score (nSPS) is 17.3. The van der Waals surface area contributed by atoms with Crippen LogP contribution in [0.2, 0.25) is 10.0 Å². The highest BCUT2D eigenvalue weighted by molar-refractivity contribution is 6.45. The molecule has 1 aromatic rings. The van der Waals surface area contributed by atoms with Crippen LogP contribution in [0.25, 0.3) is 0 Å². The van der Waals surface area contributed by atoms with E-state index in [0.717, 1.165) is 11.5 Å². The number of halogens is 2. The fourth-order valence-corrected chi connectivity index (χ4v) is 3.17. The predicted molar refractivity (Wildman–Crippen MR) is 111 cm³/mol. The maximum atomic E-state index is 12.6. The summed E-state index contributed by atoms with van der Waals surface area (Å²) >= 11 is 11.8. The van der Waals surface area contributed by atoms with Crippen molar-refractivity contribution in [2.75, 3.05) is 33.2 Å². The number of amidine groups is 1. The first-order valence-electron chi connectivity index (χ1n) is 8.61. The van der Waals surface area contributed by atoms with Crippen LogP contribution >= 0.6 is 23.2 Å². The van der Waals surface area contributed by atoms with E-state index in [1.54, 1.807) is 23.3 Å². The van der Waals surface area contributed by atoms with Gasteiger partial charge in [-0.3, -0.25) is 14.6 Å². The molecule has 1 saturated heterocycles. The molecule has 2 aliphatic heterocycles. The van der Waals surface area contributed by atoms with Crippen LogP contribution in [-0.4, -0.2) is 71.9 Å². The number of benzene rings is 1. The van der Waals surface area contributed by atoms with Crippen molar-refractivity contribution < 1.29 is 9.59 Å². The Morgan fingerprint density at radius 2 is 1.86 bits per heavy atom. The number of carbonyl (C=O) groups is 2. The zero-order valence-corrected chi connectivity index (χ0v) is 16.8. The van der Waals surface area contributed by atoms with Gasteiger partial charge in [0.15, 0.2) is 0 Å². The third-order valence-electron chi connectivity index (χ3n) is 4.42. The number of hydrogen-bond acceptors (Lipinski definition) is 5. The fraction of sp³-hybridized carbons (Fsp3) is 0.263. The smallest absolute Gasteiger partial charge is 0.295 e. The first kappa shape index (κ1) is 20.1. The number of piperazine rings is 1. The largest absolute Gasteiger partial charge is 0.352 e. The van der Waals surface area contributed by atoms with E-state index < -0.39 is 11.7 Å². The maximum absolute atomic E-state index is 12.6. The predicted octanol–water partition coefficient (Wildman–Crippen LogP) is 2.68. The van der Waals surface area contributed by atoms with Crippen LogP contribution in [0.1, 0.15) is 10.4 Å². The highest BCUT2D eigenvalue weighted by Gasteiger charge is 2.28. The number of hydrazone groups is 1. The summed E-state index contributed by atoms with van der Waals surface area (Å²) in [7, 11) is 1.66. The van der Waals surface area contributed by atoms with E-state index in [1.165, 1.54) is 18.2 Å². The van der Waals surface area contributed by atoms with Gasteiger partial charge in [-0.2, -0.15) is 0 Å². The monoisotopic (exact) mass is 419 g/mol. The molecule has 0 aliphatic carbocycles. The van der Waals surface area contributed by atoms with Crippen LogP contribution < -0.4 is 0 Å². The van der Waals surface area contributed by atoms with Gasteiger partial charge in [0.25, 0.3) is 5.91 Å². The lowest BCUT2D eigenvalue weighted by Gasteiger charge is -2.36. The Hall–Kier alpha value is -2.64. The third kappa shape index (κ3) is 4.26. The van der Waals surface area contributed by atoms with Gasteiger partial charge in [-0.15, -0.1) is 5.10 Å². The summed E-state index contributed by atoms with van der Waals surface area (Å²) in [6.45, 7) is 5.86. The second-order valence-electron chi connectivity index (χ2n) is 6.24.